The molecule has 0 bridgehead atoms. The van der Waals surface area contributed by atoms with Crippen LogP contribution in [0.5, 0.6) is 0 Å². The summed E-state index contributed by atoms with van der Waals surface area (Å²) in [5.41, 5.74) is 0.571. The van der Waals surface area contributed by atoms with E-state index in [1.807, 2.05) is 6.92 Å². The largest absolute Gasteiger partial charge is 0.480 e. The van der Waals surface area contributed by atoms with Crippen molar-refractivity contribution in [2.45, 2.75) is 26.4 Å². The fraction of sp³-hybridized carbons (Fsp3) is 0.400. The molecule has 2 amide bonds. The molecule has 0 saturated heterocycles. The van der Waals surface area contributed by atoms with Crippen LogP contribution in [0.1, 0.15) is 40.9 Å². The summed E-state index contributed by atoms with van der Waals surface area (Å²) in [6.07, 6.45) is 2.73. The Balaban J connectivity index is 2.34. The molecule has 0 fully saturated rings. The van der Waals surface area contributed by atoms with Crippen LogP contribution in [0, 0.1) is 0 Å². The van der Waals surface area contributed by atoms with Crippen molar-refractivity contribution in [3.05, 3.63) is 29.8 Å². The Kier molecular flexibility index (Phi) is 5.20. The number of aromatic nitrogens is 4. The second kappa shape index (κ2) is 7.16. The maximum Gasteiger partial charge on any atom is 0.328 e. The average molecular weight is 348 g/mol. The molecule has 0 radical (unpaired) electrons. The van der Waals surface area contributed by atoms with E-state index in [1.165, 1.54) is 35.0 Å². The van der Waals surface area contributed by atoms with E-state index in [9.17, 15) is 14.4 Å². The van der Waals surface area contributed by atoms with Crippen molar-refractivity contribution >= 4 is 23.5 Å². The van der Waals surface area contributed by atoms with Gasteiger partial charge in [-0.1, -0.05) is 0 Å². The number of carboxylic acids is 1. The minimum Gasteiger partial charge on any atom is -0.480 e. The fourth-order valence-corrected chi connectivity index (χ4v) is 2.25. The molecule has 0 aliphatic carbocycles. The fourth-order valence-electron chi connectivity index (χ4n) is 2.25. The topological polar surface area (TPSA) is 122 Å². The van der Waals surface area contributed by atoms with E-state index in [0.717, 1.165) is 4.68 Å². The van der Waals surface area contributed by atoms with Crippen LogP contribution in [0.4, 0.5) is 5.69 Å². The summed E-state index contributed by atoms with van der Waals surface area (Å²) in [5.74, 6) is -1.99. The molecule has 2 aromatic heterocycles. The lowest BCUT2D eigenvalue weighted by Crippen LogP contribution is -2.27. The lowest BCUT2D eigenvalue weighted by molar-refractivity contribution is -0.140. The van der Waals surface area contributed by atoms with E-state index in [2.05, 4.69) is 15.5 Å². The van der Waals surface area contributed by atoms with E-state index in [0.29, 0.717) is 6.54 Å². The first kappa shape index (κ1) is 18.2. The van der Waals surface area contributed by atoms with Crippen LogP contribution in [-0.4, -0.2) is 61.4 Å². The lowest BCUT2D eigenvalue weighted by Gasteiger charge is -2.14. The van der Waals surface area contributed by atoms with Gasteiger partial charge < -0.3 is 15.3 Å². The summed E-state index contributed by atoms with van der Waals surface area (Å²) in [6.45, 7) is 3.70. The first-order valence-corrected chi connectivity index (χ1v) is 7.63. The van der Waals surface area contributed by atoms with Crippen molar-refractivity contribution < 1.29 is 19.5 Å². The number of carbonyl (C=O) groups is 3. The van der Waals surface area contributed by atoms with Gasteiger partial charge in [0.1, 0.15) is 17.4 Å². The summed E-state index contributed by atoms with van der Waals surface area (Å²) in [7, 11) is 3.20. The second-order valence-electron chi connectivity index (χ2n) is 5.55. The number of carboxylic acid groups (broad SMARTS) is 1. The summed E-state index contributed by atoms with van der Waals surface area (Å²) in [5, 5.41) is 19.7. The summed E-state index contributed by atoms with van der Waals surface area (Å²) in [6, 6.07) is 0.406. The summed E-state index contributed by atoms with van der Waals surface area (Å²) in [4.78, 5) is 37.4. The van der Waals surface area contributed by atoms with E-state index >= 15 is 0 Å². The molecular weight excluding hydrogens is 328 g/mol. The van der Waals surface area contributed by atoms with E-state index in [-0.39, 0.29) is 23.0 Å². The molecule has 1 unspecified atom stereocenters. The molecule has 25 heavy (non-hydrogen) atoms. The smallest absolute Gasteiger partial charge is 0.328 e. The Morgan fingerprint density at radius 3 is 2.56 bits per heavy atom. The predicted molar refractivity (Wildman–Crippen MR) is 88.4 cm³/mol. The Morgan fingerprint density at radius 1 is 1.32 bits per heavy atom. The zero-order valence-corrected chi connectivity index (χ0v) is 14.4. The van der Waals surface area contributed by atoms with Gasteiger partial charge in [-0.25, -0.2) is 9.48 Å². The number of nitrogens with zero attached hydrogens (tertiary/aromatic N) is 5. The molecule has 2 aromatic rings. The zero-order valence-electron chi connectivity index (χ0n) is 14.4. The van der Waals surface area contributed by atoms with Gasteiger partial charge in [-0.05, 0) is 19.9 Å². The monoisotopic (exact) mass is 348 g/mol. The second-order valence-corrected chi connectivity index (χ2v) is 5.55. The van der Waals surface area contributed by atoms with Crippen molar-refractivity contribution in [2.75, 3.05) is 19.4 Å². The molecule has 0 aromatic carbocycles. The number of aliphatic carboxylic acids is 1. The molecule has 10 heteroatoms. The number of nitrogens with one attached hydrogen (secondary N) is 1. The van der Waals surface area contributed by atoms with E-state index in [4.69, 9.17) is 5.11 Å². The first-order chi connectivity index (χ1) is 11.8. The van der Waals surface area contributed by atoms with Crippen LogP contribution >= 0.6 is 0 Å². The average Bonchev–Trinajstić information content (AvgIpc) is 3.19. The standard InChI is InChI=1S/C15H20N6O4/c1-5-20-12(14(23)19(3)4)10(8-17-20)18-13(22)11-6-7-16-21(11)9(2)15(24)25/h6-9H,5H2,1-4H3,(H,18,22)(H,24,25). The number of rotatable bonds is 6. The zero-order chi connectivity index (χ0) is 18.7. The molecular formula is C15H20N6O4. The molecule has 2 rings (SSSR count). The van der Waals surface area contributed by atoms with Crippen LogP contribution in [0.2, 0.25) is 0 Å². The summed E-state index contributed by atoms with van der Waals surface area (Å²) < 4.78 is 2.59. The lowest BCUT2D eigenvalue weighted by atomic mass is 10.3. The number of carbonyl (C=O) groups excluding carboxylic acids is 2. The van der Waals surface area contributed by atoms with Crippen molar-refractivity contribution in [1.82, 2.24) is 24.5 Å². The quantitative estimate of drug-likeness (QED) is 0.792. The molecule has 0 spiro atoms. The van der Waals surface area contributed by atoms with Gasteiger partial charge >= 0.3 is 5.97 Å². The third-order valence-corrected chi connectivity index (χ3v) is 3.62. The molecule has 0 aliphatic rings. The van der Waals surface area contributed by atoms with Crippen molar-refractivity contribution in [2.24, 2.45) is 0 Å². The molecule has 0 aliphatic heterocycles. The van der Waals surface area contributed by atoms with Gasteiger partial charge in [-0.15, -0.1) is 0 Å². The molecule has 2 N–H and O–H groups in total. The maximum absolute atomic E-state index is 12.5. The molecule has 2 heterocycles. The molecule has 10 nitrogen and oxygen atoms in total. The highest BCUT2D eigenvalue weighted by Crippen LogP contribution is 2.19. The minimum atomic E-state index is -1.11. The van der Waals surface area contributed by atoms with Crippen LogP contribution in [0.25, 0.3) is 0 Å². The number of hydrogen-bond donors (Lipinski definition) is 2. The van der Waals surface area contributed by atoms with E-state index in [1.54, 1.807) is 14.1 Å². The van der Waals surface area contributed by atoms with Gasteiger partial charge in [0.25, 0.3) is 11.8 Å². The number of hydrogen-bond acceptors (Lipinski definition) is 5. The van der Waals surface area contributed by atoms with Crippen molar-refractivity contribution in [3.63, 3.8) is 0 Å². The van der Waals surface area contributed by atoms with Gasteiger partial charge in [-0.3, -0.25) is 14.3 Å². The van der Waals surface area contributed by atoms with Crippen LogP contribution < -0.4 is 5.32 Å². The SMILES string of the molecule is CCn1ncc(NC(=O)c2ccnn2C(C)C(=O)O)c1C(=O)N(C)C. The molecule has 1 atom stereocenters. The van der Waals surface area contributed by atoms with E-state index < -0.39 is 17.9 Å². The Hall–Kier alpha value is -3.17. The summed E-state index contributed by atoms with van der Waals surface area (Å²) >= 11 is 0. The minimum absolute atomic E-state index is 0.0717. The number of anilines is 1. The first-order valence-electron chi connectivity index (χ1n) is 7.63. The normalized spacial score (nSPS) is 11.8. The Labute approximate surface area is 144 Å². The van der Waals surface area contributed by atoms with Gasteiger partial charge in [-0.2, -0.15) is 10.2 Å². The maximum atomic E-state index is 12.5. The highest BCUT2D eigenvalue weighted by molar-refractivity contribution is 6.07. The predicted octanol–water partition coefficient (Wildman–Crippen LogP) is 0.699. The van der Waals surface area contributed by atoms with Crippen LogP contribution in [0.3, 0.4) is 0 Å². The van der Waals surface area contributed by atoms with Crippen molar-refractivity contribution in [3.8, 4) is 0 Å². The Bertz CT molecular complexity index is 807. The highest BCUT2D eigenvalue weighted by Gasteiger charge is 2.24. The van der Waals surface area contributed by atoms with Crippen molar-refractivity contribution in [1.29, 1.82) is 0 Å². The third kappa shape index (κ3) is 3.52. The number of aryl methyl sites for hydroxylation is 1. The Morgan fingerprint density at radius 2 is 2.00 bits per heavy atom. The van der Waals surface area contributed by atoms with Crippen LogP contribution in [-0.2, 0) is 11.3 Å². The third-order valence-electron chi connectivity index (χ3n) is 3.62. The van der Waals surface area contributed by atoms with Gasteiger partial charge in [0.15, 0.2) is 0 Å². The molecule has 0 saturated carbocycles. The highest BCUT2D eigenvalue weighted by atomic mass is 16.4. The van der Waals surface area contributed by atoms with Gasteiger partial charge in [0, 0.05) is 26.8 Å². The van der Waals surface area contributed by atoms with Crippen LogP contribution in [0.15, 0.2) is 18.5 Å². The van der Waals surface area contributed by atoms with Gasteiger partial charge in [0.2, 0.25) is 0 Å². The van der Waals surface area contributed by atoms with Gasteiger partial charge in [0.05, 0.1) is 11.9 Å². The number of amides is 2. The molecule has 134 valence electrons.